The maximum atomic E-state index is 12.1. The average Bonchev–Trinajstić information content (AvgIpc) is 2.81. The Labute approximate surface area is 104 Å². The van der Waals surface area contributed by atoms with Crippen molar-refractivity contribution in [2.45, 2.75) is 18.5 Å². The molecule has 0 unspecified atom stereocenters. The van der Waals surface area contributed by atoms with Crippen LogP contribution >= 0.6 is 0 Å². The molecule has 0 spiro atoms. The van der Waals surface area contributed by atoms with Crippen molar-refractivity contribution in [1.29, 1.82) is 0 Å². The highest BCUT2D eigenvalue weighted by atomic mass is 16.2. The largest absolute Gasteiger partial charge is 0.353 e. The first-order chi connectivity index (χ1) is 8.09. The third-order valence-electron chi connectivity index (χ3n) is 4.01. The SMILES string of the molecule is CN(C)CCNC(=O)[C@@H]1C[C@@H]2CNC[C@@H]2N1C. The number of hydrogen-bond donors (Lipinski definition) is 2. The third-order valence-corrected chi connectivity index (χ3v) is 4.01. The van der Waals surface area contributed by atoms with Crippen LogP contribution in [0.15, 0.2) is 0 Å². The fraction of sp³-hybridized carbons (Fsp3) is 0.917. The van der Waals surface area contributed by atoms with Gasteiger partial charge < -0.3 is 15.5 Å². The van der Waals surface area contributed by atoms with Crippen LogP contribution in [-0.4, -0.2) is 75.1 Å². The second-order valence-electron chi connectivity index (χ2n) is 5.50. The number of amides is 1. The van der Waals surface area contributed by atoms with E-state index in [0.717, 1.165) is 32.6 Å². The number of hydrogen-bond acceptors (Lipinski definition) is 4. The maximum absolute atomic E-state index is 12.1. The summed E-state index contributed by atoms with van der Waals surface area (Å²) in [5.41, 5.74) is 0. The van der Waals surface area contributed by atoms with E-state index in [1.54, 1.807) is 0 Å². The Morgan fingerprint density at radius 2 is 2.24 bits per heavy atom. The standard InChI is InChI=1S/C12H24N4O/c1-15(2)5-4-14-12(17)10-6-9-7-13-8-11(9)16(10)3/h9-11,13H,4-8H2,1-3H3,(H,14,17)/t9-,10+,11+/m1/s1. The van der Waals surface area contributed by atoms with Gasteiger partial charge in [0.1, 0.15) is 0 Å². The van der Waals surface area contributed by atoms with Crippen molar-refractivity contribution in [1.82, 2.24) is 20.4 Å². The molecule has 17 heavy (non-hydrogen) atoms. The van der Waals surface area contributed by atoms with Gasteiger partial charge >= 0.3 is 0 Å². The molecular formula is C12H24N4O. The first-order valence-corrected chi connectivity index (χ1v) is 6.44. The summed E-state index contributed by atoms with van der Waals surface area (Å²) in [5, 5.41) is 6.43. The van der Waals surface area contributed by atoms with Crippen LogP contribution < -0.4 is 10.6 Å². The smallest absolute Gasteiger partial charge is 0.237 e. The Morgan fingerprint density at radius 3 is 2.88 bits per heavy atom. The molecule has 0 saturated carbocycles. The molecule has 0 aromatic heterocycles. The Morgan fingerprint density at radius 1 is 1.47 bits per heavy atom. The van der Waals surface area contributed by atoms with Crippen LogP contribution in [0.3, 0.4) is 0 Å². The van der Waals surface area contributed by atoms with E-state index in [0.29, 0.717) is 12.0 Å². The van der Waals surface area contributed by atoms with Gasteiger partial charge in [0.2, 0.25) is 5.91 Å². The molecule has 2 aliphatic rings. The summed E-state index contributed by atoms with van der Waals surface area (Å²) in [5.74, 6) is 0.855. The number of likely N-dealkylation sites (tertiary alicyclic amines) is 1. The van der Waals surface area contributed by atoms with Gasteiger partial charge in [-0.25, -0.2) is 0 Å². The van der Waals surface area contributed by atoms with Crippen molar-refractivity contribution in [3.8, 4) is 0 Å². The van der Waals surface area contributed by atoms with Crippen molar-refractivity contribution in [3.63, 3.8) is 0 Å². The van der Waals surface area contributed by atoms with Gasteiger partial charge in [-0.2, -0.15) is 0 Å². The average molecular weight is 240 g/mol. The molecule has 1 amide bonds. The normalized spacial score (nSPS) is 33.1. The quantitative estimate of drug-likeness (QED) is 0.659. The number of likely N-dealkylation sites (N-methyl/N-ethyl adjacent to an activating group) is 2. The lowest BCUT2D eigenvalue weighted by atomic mass is 10.0. The topological polar surface area (TPSA) is 47.6 Å². The molecule has 2 N–H and O–H groups in total. The molecule has 98 valence electrons. The van der Waals surface area contributed by atoms with Crippen molar-refractivity contribution in [3.05, 3.63) is 0 Å². The minimum absolute atomic E-state index is 0.0780. The van der Waals surface area contributed by atoms with E-state index in [2.05, 4.69) is 27.5 Å². The molecule has 5 nitrogen and oxygen atoms in total. The van der Waals surface area contributed by atoms with Crippen LogP contribution in [0.5, 0.6) is 0 Å². The summed E-state index contributed by atoms with van der Waals surface area (Å²) < 4.78 is 0. The van der Waals surface area contributed by atoms with Crippen molar-refractivity contribution in [2.24, 2.45) is 5.92 Å². The second-order valence-corrected chi connectivity index (χ2v) is 5.50. The monoisotopic (exact) mass is 240 g/mol. The van der Waals surface area contributed by atoms with Crippen LogP contribution in [0, 0.1) is 5.92 Å². The van der Waals surface area contributed by atoms with E-state index in [4.69, 9.17) is 0 Å². The van der Waals surface area contributed by atoms with E-state index in [1.165, 1.54) is 0 Å². The highest BCUT2D eigenvalue weighted by Gasteiger charge is 2.44. The van der Waals surface area contributed by atoms with Gasteiger partial charge in [-0.05, 0) is 40.0 Å². The molecule has 2 heterocycles. The van der Waals surface area contributed by atoms with Gasteiger partial charge in [0.15, 0.2) is 0 Å². The van der Waals surface area contributed by atoms with Crippen LogP contribution in [-0.2, 0) is 4.79 Å². The van der Waals surface area contributed by atoms with Crippen LogP contribution in [0.25, 0.3) is 0 Å². The highest BCUT2D eigenvalue weighted by molar-refractivity contribution is 5.82. The minimum atomic E-state index is 0.0780. The van der Waals surface area contributed by atoms with E-state index in [-0.39, 0.29) is 11.9 Å². The lowest BCUT2D eigenvalue weighted by molar-refractivity contribution is -0.125. The van der Waals surface area contributed by atoms with Crippen LogP contribution in [0.4, 0.5) is 0 Å². The van der Waals surface area contributed by atoms with Gasteiger partial charge in [0.25, 0.3) is 0 Å². The van der Waals surface area contributed by atoms with E-state index >= 15 is 0 Å². The predicted molar refractivity (Wildman–Crippen MR) is 67.9 cm³/mol. The van der Waals surface area contributed by atoms with Crippen molar-refractivity contribution >= 4 is 5.91 Å². The summed E-state index contributed by atoms with van der Waals surface area (Å²) in [7, 11) is 6.11. The second kappa shape index (κ2) is 5.33. The van der Waals surface area contributed by atoms with E-state index in [9.17, 15) is 4.79 Å². The summed E-state index contributed by atoms with van der Waals surface area (Å²) >= 11 is 0. The molecule has 3 atom stereocenters. The zero-order chi connectivity index (χ0) is 12.4. The van der Waals surface area contributed by atoms with Gasteiger partial charge in [0.05, 0.1) is 6.04 Å². The predicted octanol–water partition coefficient (Wildman–Crippen LogP) is -1.04. The van der Waals surface area contributed by atoms with Gasteiger partial charge in [-0.1, -0.05) is 0 Å². The molecule has 0 bridgehead atoms. The highest BCUT2D eigenvalue weighted by Crippen LogP contribution is 2.30. The van der Waals surface area contributed by atoms with Gasteiger partial charge in [-0.15, -0.1) is 0 Å². The Balaban J connectivity index is 1.80. The first-order valence-electron chi connectivity index (χ1n) is 6.44. The van der Waals surface area contributed by atoms with Crippen LogP contribution in [0.2, 0.25) is 0 Å². The molecule has 0 aliphatic carbocycles. The zero-order valence-electron chi connectivity index (χ0n) is 11.1. The number of carbonyl (C=O) groups is 1. The van der Waals surface area contributed by atoms with Gasteiger partial charge in [0, 0.05) is 25.7 Å². The summed E-state index contributed by atoms with van der Waals surface area (Å²) in [6.07, 6.45) is 1.00. The molecule has 0 radical (unpaired) electrons. The molecule has 2 saturated heterocycles. The molecule has 5 heteroatoms. The number of rotatable bonds is 4. The van der Waals surface area contributed by atoms with E-state index < -0.39 is 0 Å². The summed E-state index contributed by atoms with van der Waals surface area (Å²) in [4.78, 5) is 16.4. The molecule has 0 aromatic carbocycles. The van der Waals surface area contributed by atoms with Crippen LogP contribution in [0.1, 0.15) is 6.42 Å². The fourth-order valence-electron chi connectivity index (χ4n) is 2.93. The summed E-state index contributed by atoms with van der Waals surface area (Å²) in [6, 6.07) is 0.633. The molecule has 0 aromatic rings. The zero-order valence-corrected chi connectivity index (χ0v) is 11.1. The third kappa shape index (κ3) is 2.78. The fourth-order valence-corrected chi connectivity index (χ4v) is 2.93. The molecule has 2 rings (SSSR count). The lowest BCUT2D eigenvalue weighted by Crippen LogP contribution is -2.46. The molecule has 2 aliphatic heterocycles. The number of nitrogens with one attached hydrogen (secondary N) is 2. The lowest BCUT2D eigenvalue weighted by Gasteiger charge is -2.24. The number of nitrogens with zero attached hydrogens (tertiary/aromatic N) is 2. The number of carbonyl (C=O) groups excluding carboxylic acids is 1. The minimum Gasteiger partial charge on any atom is -0.353 e. The Bertz CT molecular complexity index is 282. The first kappa shape index (κ1) is 12.8. The summed E-state index contributed by atoms with van der Waals surface area (Å²) in [6.45, 7) is 3.74. The number of fused-ring (bicyclic) bond motifs is 1. The molecule has 2 fully saturated rings. The Hall–Kier alpha value is -0.650. The molecular weight excluding hydrogens is 216 g/mol. The van der Waals surface area contributed by atoms with Crippen molar-refractivity contribution in [2.75, 3.05) is 47.3 Å². The van der Waals surface area contributed by atoms with Crippen molar-refractivity contribution < 1.29 is 4.79 Å². The van der Waals surface area contributed by atoms with Gasteiger partial charge in [-0.3, -0.25) is 9.69 Å². The maximum Gasteiger partial charge on any atom is 0.237 e. The Kier molecular flexibility index (Phi) is 4.01. The van der Waals surface area contributed by atoms with E-state index in [1.807, 2.05) is 14.1 Å².